The van der Waals surface area contributed by atoms with Crippen molar-refractivity contribution in [3.05, 3.63) is 95.6 Å². The van der Waals surface area contributed by atoms with Gasteiger partial charge in [0.1, 0.15) is 6.04 Å². The minimum absolute atomic E-state index is 0.112. The average molecular weight is 501 g/mol. The number of benzene rings is 3. The van der Waals surface area contributed by atoms with Crippen molar-refractivity contribution >= 4 is 17.7 Å². The average Bonchev–Trinajstić information content (AvgIpc) is 2.90. The summed E-state index contributed by atoms with van der Waals surface area (Å²) in [6, 6.07) is 24.3. The molecule has 1 unspecified atom stereocenters. The molecule has 0 aromatic heterocycles. The molecule has 0 fully saturated rings. The number of carbonyl (C=O) groups is 3. The minimum Gasteiger partial charge on any atom is -0.352 e. The quantitative estimate of drug-likeness (QED) is 0.322. The number of nitrogens with two attached hydrogens (primary N) is 1. The van der Waals surface area contributed by atoms with Crippen molar-refractivity contribution in [1.82, 2.24) is 16.0 Å². The zero-order valence-corrected chi connectivity index (χ0v) is 21.7. The molecule has 3 amide bonds. The first-order valence-corrected chi connectivity index (χ1v) is 12.6. The van der Waals surface area contributed by atoms with Crippen LogP contribution in [0.1, 0.15) is 48.7 Å². The standard InChI is InChI=1S/C30H36N4O3/c1-4-32-27(35)25-13-9-8-12-24(25)23-17-14-22(15-18-23)20-33-28(36)26(34-29(37)30(2,3)31)19-16-21-10-6-5-7-11-21/h5-15,17-18,26H,4,16,19-20,31H2,1-3H3,(H,32,35)(H,33,36)(H,34,37). The molecule has 3 aromatic carbocycles. The van der Waals surface area contributed by atoms with Gasteiger partial charge in [-0.1, -0.05) is 72.8 Å². The number of hydrogen-bond donors (Lipinski definition) is 4. The molecule has 0 bridgehead atoms. The largest absolute Gasteiger partial charge is 0.352 e. The Morgan fingerprint density at radius 3 is 2.14 bits per heavy atom. The number of rotatable bonds is 11. The third-order valence-corrected chi connectivity index (χ3v) is 6.01. The molecule has 7 heteroatoms. The molecular weight excluding hydrogens is 464 g/mol. The van der Waals surface area contributed by atoms with Crippen LogP contribution in [0.3, 0.4) is 0 Å². The summed E-state index contributed by atoms with van der Waals surface area (Å²) in [6.07, 6.45) is 1.09. The molecule has 0 heterocycles. The fraction of sp³-hybridized carbons (Fsp3) is 0.300. The predicted octanol–water partition coefficient (Wildman–Crippen LogP) is 3.57. The summed E-state index contributed by atoms with van der Waals surface area (Å²) in [6.45, 7) is 5.97. The highest BCUT2D eigenvalue weighted by Gasteiger charge is 2.27. The molecule has 0 saturated heterocycles. The van der Waals surface area contributed by atoms with Gasteiger partial charge in [-0.15, -0.1) is 0 Å². The summed E-state index contributed by atoms with van der Waals surface area (Å²) in [5.74, 6) is -0.756. The Labute approximate surface area is 218 Å². The topological polar surface area (TPSA) is 113 Å². The number of amides is 3. The molecule has 37 heavy (non-hydrogen) atoms. The van der Waals surface area contributed by atoms with E-state index in [0.717, 1.165) is 22.3 Å². The molecule has 0 aliphatic heterocycles. The van der Waals surface area contributed by atoms with Gasteiger partial charge in [0.05, 0.1) is 5.54 Å². The van der Waals surface area contributed by atoms with Crippen LogP contribution in [0.4, 0.5) is 0 Å². The van der Waals surface area contributed by atoms with Gasteiger partial charge in [0.25, 0.3) is 5.91 Å². The van der Waals surface area contributed by atoms with Gasteiger partial charge in [0, 0.05) is 18.7 Å². The molecule has 0 saturated carbocycles. The Morgan fingerprint density at radius 1 is 0.838 bits per heavy atom. The molecule has 7 nitrogen and oxygen atoms in total. The van der Waals surface area contributed by atoms with Crippen molar-refractivity contribution < 1.29 is 14.4 Å². The van der Waals surface area contributed by atoms with Gasteiger partial charge < -0.3 is 21.7 Å². The Bertz CT molecular complexity index is 1200. The van der Waals surface area contributed by atoms with E-state index in [-0.39, 0.29) is 17.7 Å². The zero-order valence-electron chi connectivity index (χ0n) is 21.7. The highest BCUT2D eigenvalue weighted by Crippen LogP contribution is 2.24. The monoisotopic (exact) mass is 500 g/mol. The summed E-state index contributed by atoms with van der Waals surface area (Å²) < 4.78 is 0. The second-order valence-electron chi connectivity index (χ2n) is 9.59. The van der Waals surface area contributed by atoms with Crippen LogP contribution >= 0.6 is 0 Å². The molecule has 0 aliphatic carbocycles. The summed E-state index contributed by atoms with van der Waals surface area (Å²) in [5, 5.41) is 8.59. The Hall–Kier alpha value is -3.97. The predicted molar refractivity (Wildman–Crippen MR) is 147 cm³/mol. The van der Waals surface area contributed by atoms with Crippen LogP contribution in [-0.4, -0.2) is 35.8 Å². The lowest BCUT2D eigenvalue weighted by atomic mass is 9.98. The molecule has 3 rings (SSSR count). The molecule has 5 N–H and O–H groups in total. The van der Waals surface area contributed by atoms with E-state index in [1.54, 1.807) is 19.9 Å². The van der Waals surface area contributed by atoms with E-state index >= 15 is 0 Å². The maximum Gasteiger partial charge on any atom is 0.251 e. The van der Waals surface area contributed by atoms with Crippen molar-refractivity contribution in [2.45, 2.75) is 51.7 Å². The lowest BCUT2D eigenvalue weighted by Gasteiger charge is -2.24. The number of nitrogens with one attached hydrogen (secondary N) is 3. The van der Waals surface area contributed by atoms with E-state index in [9.17, 15) is 14.4 Å². The van der Waals surface area contributed by atoms with E-state index in [0.29, 0.717) is 31.5 Å². The van der Waals surface area contributed by atoms with E-state index < -0.39 is 11.6 Å². The van der Waals surface area contributed by atoms with Gasteiger partial charge >= 0.3 is 0 Å². The lowest BCUT2D eigenvalue weighted by Crippen LogP contribution is -2.55. The fourth-order valence-electron chi connectivity index (χ4n) is 3.87. The highest BCUT2D eigenvalue weighted by molar-refractivity contribution is 6.00. The Morgan fingerprint density at radius 2 is 1.49 bits per heavy atom. The molecule has 0 aliphatic rings. The Kier molecular flexibility index (Phi) is 9.57. The zero-order chi connectivity index (χ0) is 26.8. The van der Waals surface area contributed by atoms with Gasteiger partial charge in [0.15, 0.2) is 0 Å². The first-order valence-electron chi connectivity index (χ1n) is 12.6. The third kappa shape index (κ3) is 8.02. The van der Waals surface area contributed by atoms with Gasteiger partial charge in [-0.3, -0.25) is 14.4 Å². The highest BCUT2D eigenvalue weighted by atomic mass is 16.2. The lowest BCUT2D eigenvalue weighted by molar-refractivity contribution is -0.131. The number of carbonyl (C=O) groups excluding carboxylic acids is 3. The SMILES string of the molecule is CCNC(=O)c1ccccc1-c1ccc(CNC(=O)C(CCc2ccccc2)NC(=O)C(C)(C)N)cc1. The van der Waals surface area contributed by atoms with Crippen LogP contribution < -0.4 is 21.7 Å². The van der Waals surface area contributed by atoms with Crippen LogP contribution in [0, 0.1) is 0 Å². The van der Waals surface area contributed by atoms with Crippen molar-refractivity contribution in [1.29, 1.82) is 0 Å². The van der Waals surface area contributed by atoms with E-state index in [2.05, 4.69) is 16.0 Å². The molecular formula is C30H36N4O3. The molecule has 3 aromatic rings. The summed E-state index contributed by atoms with van der Waals surface area (Å²) in [5.41, 5.74) is 9.21. The van der Waals surface area contributed by atoms with Gasteiger partial charge in [-0.05, 0) is 61.9 Å². The molecule has 194 valence electrons. The van der Waals surface area contributed by atoms with Crippen molar-refractivity contribution in [2.75, 3.05) is 6.54 Å². The van der Waals surface area contributed by atoms with Gasteiger partial charge in [0.2, 0.25) is 11.8 Å². The van der Waals surface area contributed by atoms with Gasteiger partial charge in [-0.25, -0.2) is 0 Å². The van der Waals surface area contributed by atoms with Crippen LogP contribution in [0.2, 0.25) is 0 Å². The van der Waals surface area contributed by atoms with Crippen molar-refractivity contribution in [2.24, 2.45) is 5.73 Å². The number of aryl methyl sites for hydroxylation is 1. The van der Waals surface area contributed by atoms with Crippen LogP contribution in [0.25, 0.3) is 11.1 Å². The molecule has 0 radical (unpaired) electrons. The van der Waals surface area contributed by atoms with E-state index in [1.807, 2.05) is 79.7 Å². The third-order valence-electron chi connectivity index (χ3n) is 6.01. The first-order chi connectivity index (χ1) is 17.7. The van der Waals surface area contributed by atoms with Crippen molar-refractivity contribution in [3.63, 3.8) is 0 Å². The smallest absolute Gasteiger partial charge is 0.251 e. The maximum atomic E-state index is 13.1. The maximum absolute atomic E-state index is 13.1. The van der Waals surface area contributed by atoms with E-state index in [1.165, 1.54) is 0 Å². The van der Waals surface area contributed by atoms with Crippen molar-refractivity contribution in [3.8, 4) is 11.1 Å². The Balaban J connectivity index is 1.67. The van der Waals surface area contributed by atoms with E-state index in [4.69, 9.17) is 5.73 Å². The second kappa shape index (κ2) is 12.8. The summed E-state index contributed by atoms with van der Waals surface area (Å²) >= 11 is 0. The second-order valence-corrected chi connectivity index (χ2v) is 9.59. The van der Waals surface area contributed by atoms with Crippen LogP contribution in [0.15, 0.2) is 78.9 Å². The normalized spacial score (nSPS) is 11.9. The van der Waals surface area contributed by atoms with Gasteiger partial charge in [-0.2, -0.15) is 0 Å². The fourth-order valence-corrected chi connectivity index (χ4v) is 3.87. The minimum atomic E-state index is -1.09. The molecule has 1 atom stereocenters. The molecule has 0 spiro atoms. The summed E-state index contributed by atoms with van der Waals surface area (Å²) in [4.78, 5) is 38.0. The van der Waals surface area contributed by atoms with Crippen LogP contribution in [-0.2, 0) is 22.6 Å². The summed E-state index contributed by atoms with van der Waals surface area (Å²) in [7, 11) is 0. The van der Waals surface area contributed by atoms with Crippen LogP contribution in [0.5, 0.6) is 0 Å². The first kappa shape index (κ1) is 27.6. The number of hydrogen-bond acceptors (Lipinski definition) is 4.